The number of ether oxygens (including phenoxy) is 1. The van der Waals surface area contributed by atoms with E-state index in [2.05, 4.69) is 5.32 Å². The van der Waals surface area contributed by atoms with E-state index in [0.29, 0.717) is 18.0 Å². The molecule has 1 aromatic carbocycles. The molecule has 1 aliphatic rings. The summed E-state index contributed by atoms with van der Waals surface area (Å²) in [5, 5.41) is 2.74. The number of hydrogen-bond acceptors (Lipinski definition) is 3. The molecule has 1 aromatic rings. The normalized spacial score (nSPS) is 13.9. The summed E-state index contributed by atoms with van der Waals surface area (Å²) in [6.07, 6.45) is 2.33. The summed E-state index contributed by atoms with van der Waals surface area (Å²) in [7, 11) is 0. The number of thiocarbonyl (C=S) groups is 1. The maximum Gasteiger partial charge on any atom is 0.257 e. The monoisotopic (exact) mass is 282 g/mol. The minimum absolute atomic E-state index is 0.0153. The van der Waals surface area contributed by atoms with E-state index >= 15 is 0 Å². The lowest BCUT2D eigenvalue weighted by atomic mass is 10.2. The SMILES string of the molecule is NC(=S)c1ccc(OCC(=O)NCC2CC2)c(F)c1. The lowest BCUT2D eigenvalue weighted by Crippen LogP contribution is -2.30. The van der Waals surface area contributed by atoms with Crippen LogP contribution in [0.3, 0.4) is 0 Å². The van der Waals surface area contributed by atoms with Gasteiger partial charge in [-0.3, -0.25) is 4.79 Å². The highest BCUT2D eigenvalue weighted by Gasteiger charge is 2.21. The molecule has 0 aliphatic heterocycles. The number of benzene rings is 1. The molecular formula is C13H15FN2O2S. The average molecular weight is 282 g/mol. The quantitative estimate of drug-likeness (QED) is 0.773. The standard InChI is InChI=1S/C13H15FN2O2S/c14-10-5-9(13(15)19)3-4-11(10)18-7-12(17)16-6-8-1-2-8/h3-5,8H,1-2,6-7H2,(H2,15,19)(H,16,17). The van der Waals surface area contributed by atoms with Crippen LogP contribution in [-0.4, -0.2) is 24.0 Å². The van der Waals surface area contributed by atoms with Gasteiger partial charge in [-0.15, -0.1) is 0 Å². The summed E-state index contributed by atoms with van der Waals surface area (Å²) in [5.74, 6) is -0.211. The van der Waals surface area contributed by atoms with E-state index in [-0.39, 0.29) is 23.3 Å². The Morgan fingerprint density at radius 3 is 2.84 bits per heavy atom. The van der Waals surface area contributed by atoms with Gasteiger partial charge in [-0.25, -0.2) is 4.39 Å². The Balaban J connectivity index is 1.84. The topological polar surface area (TPSA) is 64.3 Å². The summed E-state index contributed by atoms with van der Waals surface area (Å²) < 4.78 is 18.7. The number of carbonyl (C=O) groups excluding carboxylic acids is 1. The van der Waals surface area contributed by atoms with E-state index in [1.54, 1.807) is 6.07 Å². The first-order chi connectivity index (χ1) is 9.06. The van der Waals surface area contributed by atoms with Crippen molar-refractivity contribution in [3.8, 4) is 5.75 Å². The van der Waals surface area contributed by atoms with Crippen molar-refractivity contribution in [2.24, 2.45) is 11.7 Å². The van der Waals surface area contributed by atoms with Crippen molar-refractivity contribution in [3.05, 3.63) is 29.6 Å². The summed E-state index contributed by atoms with van der Waals surface area (Å²) >= 11 is 4.74. The van der Waals surface area contributed by atoms with Crippen molar-refractivity contribution in [1.29, 1.82) is 0 Å². The highest BCUT2D eigenvalue weighted by Crippen LogP contribution is 2.27. The number of halogens is 1. The molecule has 1 fully saturated rings. The molecule has 0 atom stereocenters. The van der Waals surface area contributed by atoms with Crippen LogP contribution >= 0.6 is 12.2 Å². The smallest absolute Gasteiger partial charge is 0.257 e. The first-order valence-electron chi connectivity index (χ1n) is 6.05. The van der Waals surface area contributed by atoms with Crippen molar-refractivity contribution in [3.63, 3.8) is 0 Å². The average Bonchev–Trinajstić information content (AvgIpc) is 3.18. The van der Waals surface area contributed by atoms with E-state index in [1.165, 1.54) is 12.1 Å². The Hall–Kier alpha value is -1.69. The fourth-order valence-electron chi connectivity index (χ4n) is 1.55. The highest BCUT2D eigenvalue weighted by molar-refractivity contribution is 7.80. The first kappa shape index (κ1) is 13.7. The van der Waals surface area contributed by atoms with Crippen LogP contribution in [-0.2, 0) is 4.79 Å². The molecule has 1 amide bonds. The van der Waals surface area contributed by atoms with Gasteiger partial charge in [0.1, 0.15) is 4.99 Å². The van der Waals surface area contributed by atoms with Crippen LogP contribution in [0, 0.1) is 11.7 Å². The summed E-state index contributed by atoms with van der Waals surface area (Å²) in [6.45, 7) is 0.473. The molecule has 0 heterocycles. The molecule has 0 unspecified atom stereocenters. The van der Waals surface area contributed by atoms with E-state index in [1.807, 2.05) is 0 Å². The van der Waals surface area contributed by atoms with Gasteiger partial charge in [0.15, 0.2) is 18.2 Å². The van der Waals surface area contributed by atoms with Crippen LogP contribution in [0.25, 0.3) is 0 Å². The number of amides is 1. The zero-order chi connectivity index (χ0) is 13.8. The van der Waals surface area contributed by atoms with E-state index in [9.17, 15) is 9.18 Å². The molecule has 1 aliphatic carbocycles. The van der Waals surface area contributed by atoms with Gasteiger partial charge in [0, 0.05) is 12.1 Å². The van der Waals surface area contributed by atoms with Crippen LogP contribution in [0.5, 0.6) is 5.75 Å². The molecule has 0 spiro atoms. The Morgan fingerprint density at radius 1 is 1.53 bits per heavy atom. The number of nitrogens with two attached hydrogens (primary N) is 1. The zero-order valence-electron chi connectivity index (χ0n) is 10.3. The van der Waals surface area contributed by atoms with Gasteiger partial charge in [0.2, 0.25) is 0 Å². The van der Waals surface area contributed by atoms with Gasteiger partial charge >= 0.3 is 0 Å². The Kier molecular flexibility index (Phi) is 4.31. The van der Waals surface area contributed by atoms with Gasteiger partial charge in [0.05, 0.1) is 0 Å². The predicted octanol–water partition coefficient (Wildman–Crippen LogP) is 1.36. The number of nitrogens with one attached hydrogen (secondary N) is 1. The molecule has 3 N–H and O–H groups in total. The summed E-state index contributed by atoms with van der Waals surface area (Å²) in [4.78, 5) is 11.6. The van der Waals surface area contributed by atoms with Crippen LogP contribution in [0.2, 0.25) is 0 Å². The second kappa shape index (κ2) is 5.97. The maximum atomic E-state index is 13.6. The van der Waals surface area contributed by atoms with Crippen LogP contribution in [0.15, 0.2) is 18.2 Å². The molecule has 0 saturated heterocycles. The lowest BCUT2D eigenvalue weighted by molar-refractivity contribution is -0.123. The second-order valence-electron chi connectivity index (χ2n) is 4.55. The van der Waals surface area contributed by atoms with Crippen molar-refractivity contribution in [1.82, 2.24) is 5.32 Å². The number of rotatable bonds is 6. The molecule has 4 nitrogen and oxygen atoms in total. The maximum absolute atomic E-state index is 13.6. The summed E-state index contributed by atoms with van der Waals surface area (Å²) in [6, 6.07) is 4.17. The van der Waals surface area contributed by atoms with Gasteiger partial charge in [-0.2, -0.15) is 0 Å². The fraction of sp³-hybridized carbons (Fsp3) is 0.385. The predicted molar refractivity (Wildman–Crippen MR) is 73.5 cm³/mol. The zero-order valence-corrected chi connectivity index (χ0v) is 11.1. The lowest BCUT2D eigenvalue weighted by Gasteiger charge is -2.08. The molecule has 0 radical (unpaired) electrons. The summed E-state index contributed by atoms with van der Waals surface area (Å²) in [5.41, 5.74) is 5.82. The molecular weight excluding hydrogens is 267 g/mol. The van der Waals surface area contributed by atoms with Crippen LogP contribution < -0.4 is 15.8 Å². The third-order valence-electron chi connectivity index (χ3n) is 2.86. The van der Waals surface area contributed by atoms with E-state index in [4.69, 9.17) is 22.7 Å². The Bertz CT molecular complexity index is 503. The highest BCUT2D eigenvalue weighted by atomic mass is 32.1. The largest absolute Gasteiger partial charge is 0.481 e. The van der Waals surface area contributed by atoms with Gasteiger partial charge in [-0.1, -0.05) is 12.2 Å². The van der Waals surface area contributed by atoms with Crippen molar-refractivity contribution >= 4 is 23.1 Å². The van der Waals surface area contributed by atoms with Crippen LogP contribution in [0.1, 0.15) is 18.4 Å². The van der Waals surface area contributed by atoms with Gasteiger partial charge < -0.3 is 15.8 Å². The third kappa shape index (κ3) is 4.17. The van der Waals surface area contributed by atoms with Gasteiger partial charge in [-0.05, 0) is 37.0 Å². The molecule has 1 saturated carbocycles. The molecule has 6 heteroatoms. The third-order valence-corrected chi connectivity index (χ3v) is 3.10. The first-order valence-corrected chi connectivity index (χ1v) is 6.46. The van der Waals surface area contributed by atoms with Crippen molar-refractivity contribution in [2.75, 3.05) is 13.2 Å². The molecule has 19 heavy (non-hydrogen) atoms. The second-order valence-corrected chi connectivity index (χ2v) is 4.99. The van der Waals surface area contributed by atoms with Crippen molar-refractivity contribution < 1.29 is 13.9 Å². The number of hydrogen-bond donors (Lipinski definition) is 2. The minimum Gasteiger partial charge on any atom is -0.481 e. The Labute approximate surface area is 116 Å². The molecule has 0 aromatic heterocycles. The molecule has 0 bridgehead atoms. The Morgan fingerprint density at radius 2 is 2.26 bits per heavy atom. The molecule has 2 rings (SSSR count). The van der Waals surface area contributed by atoms with Crippen molar-refractivity contribution in [2.45, 2.75) is 12.8 Å². The number of carbonyl (C=O) groups is 1. The minimum atomic E-state index is -0.583. The van der Waals surface area contributed by atoms with Gasteiger partial charge in [0.25, 0.3) is 5.91 Å². The molecule has 102 valence electrons. The van der Waals surface area contributed by atoms with Crippen LogP contribution in [0.4, 0.5) is 4.39 Å². The van der Waals surface area contributed by atoms with E-state index in [0.717, 1.165) is 12.8 Å². The fourth-order valence-corrected chi connectivity index (χ4v) is 1.67. The van der Waals surface area contributed by atoms with E-state index < -0.39 is 5.82 Å².